The third-order valence-corrected chi connectivity index (χ3v) is 5.21. The van der Waals surface area contributed by atoms with Gasteiger partial charge in [0.1, 0.15) is 0 Å². The van der Waals surface area contributed by atoms with Crippen molar-refractivity contribution < 1.29 is 9.53 Å². The van der Waals surface area contributed by atoms with E-state index in [1.54, 1.807) is 0 Å². The molecule has 3 unspecified atom stereocenters. The van der Waals surface area contributed by atoms with Gasteiger partial charge >= 0.3 is 0 Å². The zero-order valence-corrected chi connectivity index (χ0v) is 13.1. The molecule has 0 aliphatic carbocycles. The van der Waals surface area contributed by atoms with Crippen LogP contribution in [-0.4, -0.2) is 61.3 Å². The van der Waals surface area contributed by atoms with Crippen molar-refractivity contribution >= 4 is 5.91 Å². The third-order valence-electron chi connectivity index (χ3n) is 5.21. The number of likely N-dealkylation sites (tertiary alicyclic amines) is 1. The second-order valence-corrected chi connectivity index (χ2v) is 6.79. The molecule has 3 aliphatic heterocycles. The van der Waals surface area contributed by atoms with Crippen molar-refractivity contribution in [1.82, 2.24) is 15.5 Å². The SMILES string of the molecule is CC1CC(NC(=O)C2CCCN2C2CCNCC2)CCO1. The molecule has 3 heterocycles. The standard InChI is InChI=1S/C16H29N3O2/c1-12-11-13(6-10-21-12)18-16(20)15-3-2-9-19(15)14-4-7-17-8-5-14/h12-15,17H,2-11H2,1H3,(H,18,20). The van der Waals surface area contributed by atoms with E-state index in [1.165, 1.54) is 12.8 Å². The first-order valence-corrected chi connectivity index (χ1v) is 8.62. The number of hydrogen-bond donors (Lipinski definition) is 2. The summed E-state index contributed by atoms with van der Waals surface area (Å²) in [6, 6.07) is 1.00. The van der Waals surface area contributed by atoms with Crippen molar-refractivity contribution in [3.05, 3.63) is 0 Å². The Balaban J connectivity index is 1.55. The summed E-state index contributed by atoms with van der Waals surface area (Å²) in [5.74, 6) is 0.255. The fourth-order valence-corrected chi connectivity index (χ4v) is 4.07. The van der Waals surface area contributed by atoms with Crippen molar-refractivity contribution in [1.29, 1.82) is 0 Å². The molecule has 5 nitrogen and oxygen atoms in total. The Labute approximate surface area is 127 Å². The highest BCUT2D eigenvalue weighted by Gasteiger charge is 2.36. The highest BCUT2D eigenvalue weighted by molar-refractivity contribution is 5.82. The Hall–Kier alpha value is -0.650. The van der Waals surface area contributed by atoms with Crippen LogP contribution in [0.25, 0.3) is 0 Å². The van der Waals surface area contributed by atoms with Gasteiger partial charge in [0.05, 0.1) is 12.1 Å². The second kappa shape index (κ2) is 7.07. The molecule has 1 amide bonds. The molecule has 3 rings (SSSR count). The maximum atomic E-state index is 12.7. The van der Waals surface area contributed by atoms with E-state index in [4.69, 9.17) is 4.74 Å². The molecule has 2 N–H and O–H groups in total. The molecule has 0 bridgehead atoms. The molecule has 0 aromatic heterocycles. The Kier molecular flexibility index (Phi) is 5.14. The van der Waals surface area contributed by atoms with Gasteiger partial charge in [-0.3, -0.25) is 9.69 Å². The summed E-state index contributed by atoms with van der Waals surface area (Å²) in [6.07, 6.45) is 6.71. The zero-order valence-electron chi connectivity index (χ0n) is 13.1. The summed E-state index contributed by atoms with van der Waals surface area (Å²) in [6.45, 7) is 6.14. The Morgan fingerprint density at radius 1 is 1.24 bits per heavy atom. The number of carbonyl (C=O) groups excluding carboxylic acids is 1. The van der Waals surface area contributed by atoms with Gasteiger partial charge in [-0.2, -0.15) is 0 Å². The van der Waals surface area contributed by atoms with Crippen molar-refractivity contribution in [2.75, 3.05) is 26.2 Å². The lowest BCUT2D eigenvalue weighted by molar-refractivity contribution is -0.128. The van der Waals surface area contributed by atoms with Crippen LogP contribution in [0.2, 0.25) is 0 Å². The number of rotatable bonds is 3. The summed E-state index contributed by atoms with van der Waals surface area (Å²) in [7, 11) is 0. The van der Waals surface area contributed by atoms with Crippen LogP contribution in [0.3, 0.4) is 0 Å². The summed E-state index contributed by atoms with van der Waals surface area (Å²) in [4.78, 5) is 15.1. The predicted molar refractivity (Wildman–Crippen MR) is 82.2 cm³/mol. The van der Waals surface area contributed by atoms with E-state index in [2.05, 4.69) is 22.5 Å². The van der Waals surface area contributed by atoms with Gasteiger partial charge in [0.15, 0.2) is 0 Å². The molecule has 0 aromatic rings. The molecule has 0 saturated carbocycles. The molecule has 0 radical (unpaired) electrons. The molecule has 3 atom stereocenters. The molecule has 0 aromatic carbocycles. The normalized spacial score (nSPS) is 35.8. The number of hydrogen-bond acceptors (Lipinski definition) is 4. The summed E-state index contributed by atoms with van der Waals surface area (Å²) < 4.78 is 5.56. The quantitative estimate of drug-likeness (QED) is 0.812. The monoisotopic (exact) mass is 295 g/mol. The molecule has 5 heteroatoms. The average Bonchev–Trinajstić information content (AvgIpc) is 2.98. The summed E-state index contributed by atoms with van der Waals surface area (Å²) in [5.41, 5.74) is 0. The maximum Gasteiger partial charge on any atom is 0.237 e. The summed E-state index contributed by atoms with van der Waals surface area (Å²) >= 11 is 0. The molecule has 3 saturated heterocycles. The first-order valence-electron chi connectivity index (χ1n) is 8.62. The number of carbonyl (C=O) groups is 1. The topological polar surface area (TPSA) is 53.6 Å². The highest BCUT2D eigenvalue weighted by atomic mass is 16.5. The smallest absolute Gasteiger partial charge is 0.237 e. The van der Waals surface area contributed by atoms with E-state index in [1.807, 2.05) is 0 Å². The first-order chi connectivity index (χ1) is 10.2. The van der Waals surface area contributed by atoms with E-state index in [0.29, 0.717) is 12.1 Å². The van der Waals surface area contributed by atoms with Crippen LogP contribution in [0.1, 0.15) is 45.4 Å². The van der Waals surface area contributed by atoms with Gasteiger partial charge in [-0.05, 0) is 65.1 Å². The fraction of sp³-hybridized carbons (Fsp3) is 0.938. The van der Waals surface area contributed by atoms with Crippen LogP contribution in [-0.2, 0) is 9.53 Å². The number of ether oxygens (including phenoxy) is 1. The minimum absolute atomic E-state index is 0.103. The first kappa shape index (κ1) is 15.3. The van der Waals surface area contributed by atoms with E-state index in [9.17, 15) is 4.79 Å². The van der Waals surface area contributed by atoms with Gasteiger partial charge < -0.3 is 15.4 Å². The van der Waals surface area contributed by atoms with Crippen LogP contribution in [0.15, 0.2) is 0 Å². The lowest BCUT2D eigenvalue weighted by Crippen LogP contribution is -2.53. The van der Waals surface area contributed by atoms with E-state index in [-0.39, 0.29) is 18.1 Å². The lowest BCUT2D eigenvalue weighted by atomic mass is 10.0. The van der Waals surface area contributed by atoms with Crippen molar-refractivity contribution in [3.8, 4) is 0 Å². The maximum absolute atomic E-state index is 12.7. The van der Waals surface area contributed by atoms with Gasteiger partial charge in [0.2, 0.25) is 5.91 Å². The van der Waals surface area contributed by atoms with Crippen molar-refractivity contribution in [2.24, 2.45) is 0 Å². The van der Waals surface area contributed by atoms with E-state index >= 15 is 0 Å². The molecule has 120 valence electrons. The second-order valence-electron chi connectivity index (χ2n) is 6.79. The van der Waals surface area contributed by atoms with Gasteiger partial charge in [0.25, 0.3) is 0 Å². The summed E-state index contributed by atoms with van der Waals surface area (Å²) in [5, 5.41) is 6.70. The van der Waals surface area contributed by atoms with Crippen LogP contribution in [0.5, 0.6) is 0 Å². The number of amides is 1. The van der Waals surface area contributed by atoms with Crippen molar-refractivity contribution in [3.63, 3.8) is 0 Å². The molecule has 21 heavy (non-hydrogen) atoms. The number of nitrogens with one attached hydrogen (secondary N) is 2. The molecular formula is C16H29N3O2. The van der Waals surface area contributed by atoms with E-state index < -0.39 is 0 Å². The molecule has 3 aliphatic rings. The zero-order chi connectivity index (χ0) is 14.7. The Bertz CT molecular complexity index is 357. The third kappa shape index (κ3) is 3.76. The largest absolute Gasteiger partial charge is 0.378 e. The molecular weight excluding hydrogens is 266 g/mol. The number of nitrogens with zero attached hydrogens (tertiary/aromatic N) is 1. The van der Waals surface area contributed by atoms with Gasteiger partial charge in [0, 0.05) is 18.7 Å². The van der Waals surface area contributed by atoms with Gasteiger partial charge in [-0.25, -0.2) is 0 Å². The van der Waals surface area contributed by atoms with Crippen molar-refractivity contribution in [2.45, 2.75) is 69.7 Å². The molecule has 3 fully saturated rings. The lowest BCUT2D eigenvalue weighted by Gasteiger charge is -2.36. The minimum atomic E-state index is 0.103. The fourth-order valence-electron chi connectivity index (χ4n) is 4.07. The van der Waals surface area contributed by atoms with Gasteiger partial charge in [-0.1, -0.05) is 0 Å². The molecule has 0 spiro atoms. The van der Waals surface area contributed by atoms with Crippen LogP contribution in [0.4, 0.5) is 0 Å². The van der Waals surface area contributed by atoms with Crippen LogP contribution >= 0.6 is 0 Å². The number of piperidine rings is 1. The average molecular weight is 295 g/mol. The minimum Gasteiger partial charge on any atom is -0.378 e. The predicted octanol–water partition coefficient (Wildman–Crippen LogP) is 0.887. The Morgan fingerprint density at radius 3 is 2.81 bits per heavy atom. The van der Waals surface area contributed by atoms with Crippen LogP contribution in [0, 0.1) is 0 Å². The van der Waals surface area contributed by atoms with Crippen LogP contribution < -0.4 is 10.6 Å². The van der Waals surface area contributed by atoms with E-state index in [0.717, 1.165) is 51.9 Å². The van der Waals surface area contributed by atoms with Gasteiger partial charge in [-0.15, -0.1) is 0 Å². The highest BCUT2D eigenvalue weighted by Crippen LogP contribution is 2.25. The Morgan fingerprint density at radius 2 is 2.05 bits per heavy atom.